The Balaban J connectivity index is 1.34. The van der Waals surface area contributed by atoms with E-state index >= 15 is 0 Å². The van der Waals surface area contributed by atoms with Gasteiger partial charge in [-0.2, -0.15) is 5.10 Å². The van der Waals surface area contributed by atoms with Crippen LogP contribution in [0.15, 0.2) is 6.07 Å². The van der Waals surface area contributed by atoms with Gasteiger partial charge in [0.25, 0.3) is 5.91 Å². The molecular weight excluding hydrogens is 348 g/mol. The van der Waals surface area contributed by atoms with E-state index in [1.165, 1.54) is 71.0 Å². The molecule has 3 heterocycles. The topological polar surface area (TPSA) is 41.4 Å². The second-order valence-electron chi connectivity index (χ2n) is 9.64. The lowest BCUT2D eigenvalue weighted by atomic mass is 9.79. The summed E-state index contributed by atoms with van der Waals surface area (Å²) in [6, 6.07) is 1.95. The molecule has 1 spiro atoms. The van der Waals surface area contributed by atoms with E-state index in [0.29, 0.717) is 5.41 Å². The first kappa shape index (κ1) is 19.9. The van der Waals surface area contributed by atoms with E-state index in [-0.39, 0.29) is 5.91 Å². The molecule has 1 atom stereocenters. The second-order valence-corrected chi connectivity index (χ2v) is 9.64. The number of aryl methyl sites for hydroxylation is 2. The molecule has 1 aromatic heterocycles. The summed E-state index contributed by atoms with van der Waals surface area (Å²) in [4.78, 5) is 18.0. The molecule has 2 saturated heterocycles. The van der Waals surface area contributed by atoms with Gasteiger partial charge in [0, 0.05) is 31.6 Å². The molecule has 5 heteroatoms. The summed E-state index contributed by atoms with van der Waals surface area (Å²) < 4.78 is 1.86. The van der Waals surface area contributed by atoms with Crippen LogP contribution in [0.3, 0.4) is 0 Å². The average molecular weight is 387 g/mol. The van der Waals surface area contributed by atoms with E-state index in [9.17, 15) is 4.79 Å². The fourth-order valence-electron chi connectivity index (χ4n) is 5.90. The first-order valence-electron chi connectivity index (χ1n) is 11.6. The van der Waals surface area contributed by atoms with E-state index < -0.39 is 0 Å². The predicted molar refractivity (Wildman–Crippen MR) is 112 cm³/mol. The SMILES string of the molecule is CCn1nc(C)cc1C(=O)N1CC[C@@]2(CCCN(CCC3CCCCC3)C2)C1. The van der Waals surface area contributed by atoms with Crippen LogP contribution in [0.25, 0.3) is 0 Å². The summed E-state index contributed by atoms with van der Waals surface area (Å²) in [7, 11) is 0. The molecule has 0 N–H and O–H groups in total. The highest BCUT2D eigenvalue weighted by Crippen LogP contribution is 2.40. The molecule has 2 aliphatic heterocycles. The van der Waals surface area contributed by atoms with Gasteiger partial charge in [-0.3, -0.25) is 9.48 Å². The van der Waals surface area contributed by atoms with Crippen molar-refractivity contribution in [1.82, 2.24) is 19.6 Å². The van der Waals surface area contributed by atoms with Crippen molar-refractivity contribution >= 4 is 5.91 Å². The Morgan fingerprint density at radius 1 is 1.14 bits per heavy atom. The molecule has 1 aliphatic carbocycles. The number of aromatic nitrogens is 2. The van der Waals surface area contributed by atoms with Gasteiger partial charge in [0.2, 0.25) is 0 Å². The summed E-state index contributed by atoms with van der Waals surface area (Å²) in [6.45, 7) is 10.3. The van der Waals surface area contributed by atoms with Gasteiger partial charge in [0.05, 0.1) is 5.69 Å². The highest BCUT2D eigenvalue weighted by molar-refractivity contribution is 5.93. The molecule has 156 valence electrons. The zero-order chi connectivity index (χ0) is 19.6. The Labute approximate surface area is 170 Å². The molecule has 0 aromatic carbocycles. The number of carbonyl (C=O) groups is 1. The van der Waals surface area contributed by atoms with Crippen LogP contribution in [0, 0.1) is 18.3 Å². The van der Waals surface area contributed by atoms with Crippen molar-refractivity contribution in [2.45, 2.75) is 78.2 Å². The highest BCUT2D eigenvalue weighted by Gasteiger charge is 2.43. The largest absolute Gasteiger partial charge is 0.337 e. The van der Waals surface area contributed by atoms with Gasteiger partial charge >= 0.3 is 0 Å². The predicted octanol–water partition coefficient (Wildman–Crippen LogP) is 4.11. The lowest BCUT2D eigenvalue weighted by molar-refractivity contribution is 0.0665. The number of amides is 1. The summed E-state index contributed by atoms with van der Waals surface area (Å²) in [5.74, 6) is 1.14. The van der Waals surface area contributed by atoms with Gasteiger partial charge in [-0.15, -0.1) is 0 Å². The van der Waals surface area contributed by atoms with Crippen LogP contribution in [0.2, 0.25) is 0 Å². The van der Waals surface area contributed by atoms with Gasteiger partial charge in [-0.05, 0) is 64.6 Å². The lowest BCUT2D eigenvalue weighted by Gasteiger charge is -2.41. The molecule has 0 radical (unpaired) electrons. The monoisotopic (exact) mass is 386 g/mol. The maximum Gasteiger partial charge on any atom is 0.272 e. The molecule has 1 amide bonds. The second kappa shape index (κ2) is 8.56. The van der Waals surface area contributed by atoms with Crippen LogP contribution in [-0.2, 0) is 6.54 Å². The van der Waals surface area contributed by atoms with Gasteiger partial charge in [-0.1, -0.05) is 32.1 Å². The number of carbonyl (C=O) groups excluding carboxylic acids is 1. The zero-order valence-electron chi connectivity index (χ0n) is 18.0. The molecule has 1 aromatic rings. The number of nitrogens with zero attached hydrogens (tertiary/aromatic N) is 4. The van der Waals surface area contributed by atoms with Crippen LogP contribution in [0.4, 0.5) is 0 Å². The average Bonchev–Trinajstić information content (AvgIpc) is 3.30. The number of hydrogen-bond donors (Lipinski definition) is 0. The Hall–Kier alpha value is -1.36. The van der Waals surface area contributed by atoms with Gasteiger partial charge < -0.3 is 9.80 Å². The third-order valence-corrected chi connectivity index (χ3v) is 7.47. The summed E-state index contributed by atoms with van der Waals surface area (Å²) in [6.07, 6.45) is 12.4. The van der Waals surface area contributed by atoms with Crippen LogP contribution >= 0.6 is 0 Å². The number of likely N-dealkylation sites (tertiary alicyclic amines) is 2. The van der Waals surface area contributed by atoms with Crippen molar-refractivity contribution in [3.63, 3.8) is 0 Å². The molecule has 28 heavy (non-hydrogen) atoms. The molecule has 3 fully saturated rings. The third-order valence-electron chi connectivity index (χ3n) is 7.47. The number of piperidine rings is 1. The van der Waals surface area contributed by atoms with Crippen LogP contribution in [0.5, 0.6) is 0 Å². The summed E-state index contributed by atoms with van der Waals surface area (Å²) in [5, 5.41) is 4.47. The molecule has 3 aliphatic rings. The zero-order valence-corrected chi connectivity index (χ0v) is 18.0. The molecule has 1 saturated carbocycles. The third kappa shape index (κ3) is 4.29. The lowest BCUT2D eigenvalue weighted by Crippen LogP contribution is -2.46. The molecule has 0 bridgehead atoms. The Morgan fingerprint density at radius 2 is 1.96 bits per heavy atom. The van der Waals surface area contributed by atoms with E-state index in [1.807, 2.05) is 17.7 Å². The maximum absolute atomic E-state index is 13.1. The van der Waals surface area contributed by atoms with Crippen molar-refractivity contribution in [2.75, 3.05) is 32.7 Å². The molecule has 4 rings (SSSR count). The maximum atomic E-state index is 13.1. The van der Waals surface area contributed by atoms with Gasteiger partial charge in [-0.25, -0.2) is 0 Å². The molecule has 0 unspecified atom stereocenters. The van der Waals surface area contributed by atoms with E-state index in [1.54, 1.807) is 0 Å². The van der Waals surface area contributed by atoms with Crippen molar-refractivity contribution in [2.24, 2.45) is 11.3 Å². The van der Waals surface area contributed by atoms with Crippen molar-refractivity contribution in [1.29, 1.82) is 0 Å². The number of rotatable bonds is 5. The summed E-state index contributed by atoms with van der Waals surface area (Å²) in [5.41, 5.74) is 2.03. The van der Waals surface area contributed by atoms with Crippen LogP contribution in [0.1, 0.15) is 80.9 Å². The first-order valence-corrected chi connectivity index (χ1v) is 11.6. The fraction of sp³-hybridized carbons (Fsp3) is 0.826. The number of hydrogen-bond acceptors (Lipinski definition) is 3. The van der Waals surface area contributed by atoms with Gasteiger partial charge in [0.1, 0.15) is 5.69 Å². The van der Waals surface area contributed by atoms with Crippen molar-refractivity contribution < 1.29 is 4.79 Å². The van der Waals surface area contributed by atoms with E-state index in [2.05, 4.69) is 21.8 Å². The van der Waals surface area contributed by atoms with Gasteiger partial charge in [0.15, 0.2) is 0 Å². The molecule has 5 nitrogen and oxygen atoms in total. The fourth-order valence-corrected chi connectivity index (χ4v) is 5.90. The van der Waals surface area contributed by atoms with Crippen molar-refractivity contribution in [3.8, 4) is 0 Å². The van der Waals surface area contributed by atoms with Crippen molar-refractivity contribution in [3.05, 3.63) is 17.5 Å². The summed E-state index contributed by atoms with van der Waals surface area (Å²) >= 11 is 0. The van der Waals surface area contributed by atoms with Crippen LogP contribution in [-0.4, -0.2) is 58.2 Å². The Kier molecular flexibility index (Phi) is 6.10. The highest BCUT2D eigenvalue weighted by atomic mass is 16.2. The minimum Gasteiger partial charge on any atom is -0.337 e. The van der Waals surface area contributed by atoms with E-state index in [0.717, 1.165) is 43.4 Å². The first-order chi connectivity index (χ1) is 13.6. The Morgan fingerprint density at radius 3 is 2.75 bits per heavy atom. The molecular formula is C23H38N4O. The minimum absolute atomic E-state index is 0.179. The minimum atomic E-state index is 0.179. The van der Waals surface area contributed by atoms with Crippen LogP contribution < -0.4 is 0 Å². The van der Waals surface area contributed by atoms with E-state index in [4.69, 9.17) is 0 Å². The quantitative estimate of drug-likeness (QED) is 0.765. The standard InChI is InChI=1S/C23H38N4O/c1-3-27-21(16-19(2)24-27)22(28)26-15-12-23(18-26)11-7-13-25(17-23)14-10-20-8-5-4-6-9-20/h16,20H,3-15,17-18H2,1-2H3/t23-/m1/s1. The Bertz CT molecular complexity index is 678. The normalized spacial score (nSPS) is 27.0. The smallest absolute Gasteiger partial charge is 0.272 e.